The van der Waals surface area contributed by atoms with Gasteiger partial charge in [0.2, 0.25) is 0 Å². The Labute approximate surface area is 140 Å². The summed E-state index contributed by atoms with van der Waals surface area (Å²) < 4.78 is 10.8. The molecule has 0 saturated carbocycles. The van der Waals surface area contributed by atoms with Gasteiger partial charge < -0.3 is 9.47 Å². The number of methoxy groups -OCH3 is 2. The topological polar surface area (TPSA) is 44.2 Å². The second-order valence-electron chi connectivity index (χ2n) is 5.29. The van der Waals surface area contributed by atoms with Crippen molar-refractivity contribution in [2.24, 2.45) is 0 Å². The molecular weight excluding hydrogens is 312 g/mol. The average Bonchev–Trinajstić information content (AvgIpc) is 2.55. The lowest BCUT2D eigenvalue weighted by molar-refractivity contribution is 0.393. The number of ether oxygens (including phenoxy) is 2. The maximum absolute atomic E-state index is 6.54. The second kappa shape index (κ2) is 6.05. The Bertz CT molecular complexity index is 866. The van der Waals surface area contributed by atoms with E-state index in [0.29, 0.717) is 10.8 Å². The zero-order valence-electron chi connectivity index (χ0n) is 13.5. The Kier molecular flexibility index (Phi) is 4.09. The summed E-state index contributed by atoms with van der Waals surface area (Å²) in [5.41, 5.74) is 3.74. The molecule has 0 bridgehead atoms. The van der Waals surface area contributed by atoms with E-state index in [1.165, 1.54) is 0 Å². The second-order valence-corrected chi connectivity index (χ2v) is 5.66. The van der Waals surface area contributed by atoms with Crippen molar-refractivity contribution in [1.82, 2.24) is 9.97 Å². The molecule has 2 aromatic carbocycles. The number of hydrogen-bond donors (Lipinski definition) is 0. The highest BCUT2D eigenvalue weighted by Gasteiger charge is 2.17. The molecule has 118 valence electrons. The van der Waals surface area contributed by atoms with Crippen molar-refractivity contribution in [3.8, 4) is 22.6 Å². The van der Waals surface area contributed by atoms with E-state index in [9.17, 15) is 0 Å². The molecule has 0 aliphatic rings. The van der Waals surface area contributed by atoms with Gasteiger partial charge in [-0.1, -0.05) is 17.7 Å². The molecule has 0 fully saturated rings. The van der Waals surface area contributed by atoms with Crippen molar-refractivity contribution in [3.05, 3.63) is 46.9 Å². The summed E-state index contributed by atoms with van der Waals surface area (Å²) in [6, 6.07) is 7.81. The Morgan fingerprint density at radius 2 is 1.74 bits per heavy atom. The van der Waals surface area contributed by atoms with Crippen LogP contribution in [0.15, 0.2) is 30.5 Å². The van der Waals surface area contributed by atoms with Gasteiger partial charge in [0.05, 0.1) is 24.8 Å². The van der Waals surface area contributed by atoms with Gasteiger partial charge in [0.15, 0.2) is 0 Å². The van der Waals surface area contributed by atoms with Gasteiger partial charge in [-0.05, 0) is 31.5 Å². The van der Waals surface area contributed by atoms with Crippen LogP contribution in [0.4, 0.5) is 0 Å². The lowest BCUT2D eigenvalue weighted by Gasteiger charge is -2.16. The SMILES string of the molecule is COc1cc(OC)c(Cl)c(-c2ccc3nc(C)ncc3c2)c1C. The maximum atomic E-state index is 6.54. The monoisotopic (exact) mass is 328 g/mol. The van der Waals surface area contributed by atoms with Crippen molar-refractivity contribution >= 4 is 22.5 Å². The highest BCUT2D eigenvalue weighted by Crippen LogP contribution is 2.43. The number of hydrogen-bond acceptors (Lipinski definition) is 4. The molecule has 0 amide bonds. The molecule has 1 heterocycles. The molecule has 0 unspecified atom stereocenters. The molecule has 4 nitrogen and oxygen atoms in total. The summed E-state index contributed by atoms with van der Waals surface area (Å²) in [5.74, 6) is 2.08. The molecule has 1 aromatic heterocycles. The summed E-state index contributed by atoms with van der Waals surface area (Å²) in [7, 11) is 3.23. The van der Waals surface area contributed by atoms with E-state index in [0.717, 1.165) is 39.2 Å². The van der Waals surface area contributed by atoms with Crippen LogP contribution < -0.4 is 9.47 Å². The first-order valence-electron chi connectivity index (χ1n) is 7.20. The maximum Gasteiger partial charge on any atom is 0.141 e. The third-order valence-electron chi connectivity index (χ3n) is 3.87. The Morgan fingerprint density at radius 1 is 1.00 bits per heavy atom. The fourth-order valence-electron chi connectivity index (χ4n) is 2.69. The molecule has 0 atom stereocenters. The molecule has 0 spiro atoms. The largest absolute Gasteiger partial charge is 0.496 e. The van der Waals surface area contributed by atoms with Gasteiger partial charge in [-0.2, -0.15) is 0 Å². The van der Waals surface area contributed by atoms with Gasteiger partial charge in [-0.25, -0.2) is 9.97 Å². The fourth-order valence-corrected chi connectivity index (χ4v) is 3.07. The van der Waals surface area contributed by atoms with E-state index >= 15 is 0 Å². The number of benzene rings is 2. The predicted octanol–water partition coefficient (Wildman–Crippen LogP) is 4.58. The summed E-state index contributed by atoms with van der Waals surface area (Å²) in [6.07, 6.45) is 1.82. The Hall–Kier alpha value is -2.33. The van der Waals surface area contributed by atoms with Crippen LogP contribution in [0.3, 0.4) is 0 Å². The van der Waals surface area contributed by atoms with Gasteiger partial charge in [0.25, 0.3) is 0 Å². The lowest BCUT2D eigenvalue weighted by Crippen LogP contribution is -1.96. The van der Waals surface area contributed by atoms with E-state index < -0.39 is 0 Å². The van der Waals surface area contributed by atoms with E-state index in [1.54, 1.807) is 20.3 Å². The van der Waals surface area contributed by atoms with Gasteiger partial charge in [0.1, 0.15) is 17.3 Å². The standard InChI is InChI=1S/C18H17ClN2O2/c1-10-15(22-3)8-16(23-4)18(19)17(10)12-5-6-14-13(7-12)9-20-11(2)21-14/h5-9H,1-4H3. The van der Waals surface area contributed by atoms with Gasteiger partial charge in [0, 0.05) is 28.8 Å². The summed E-state index contributed by atoms with van der Waals surface area (Å²) in [6.45, 7) is 3.86. The number of aryl methyl sites for hydroxylation is 1. The quantitative estimate of drug-likeness (QED) is 0.705. The molecule has 0 aliphatic carbocycles. The van der Waals surface area contributed by atoms with Gasteiger partial charge in [-0.3, -0.25) is 0 Å². The van der Waals surface area contributed by atoms with Crippen LogP contribution in [0.25, 0.3) is 22.0 Å². The lowest BCUT2D eigenvalue weighted by atomic mass is 9.98. The summed E-state index contributed by atoms with van der Waals surface area (Å²) in [5, 5.41) is 1.53. The van der Waals surface area contributed by atoms with Crippen LogP contribution in [-0.2, 0) is 0 Å². The summed E-state index contributed by atoms with van der Waals surface area (Å²) >= 11 is 6.54. The zero-order valence-corrected chi connectivity index (χ0v) is 14.2. The highest BCUT2D eigenvalue weighted by atomic mass is 35.5. The van der Waals surface area contributed by atoms with Crippen molar-refractivity contribution in [2.75, 3.05) is 14.2 Å². The van der Waals surface area contributed by atoms with Crippen molar-refractivity contribution in [3.63, 3.8) is 0 Å². The minimum Gasteiger partial charge on any atom is -0.496 e. The number of aromatic nitrogens is 2. The number of rotatable bonds is 3. The molecule has 23 heavy (non-hydrogen) atoms. The van der Waals surface area contributed by atoms with E-state index in [4.69, 9.17) is 21.1 Å². The molecule has 0 saturated heterocycles. The first kappa shape index (κ1) is 15.6. The fraction of sp³-hybridized carbons (Fsp3) is 0.222. The average molecular weight is 329 g/mol. The highest BCUT2D eigenvalue weighted by molar-refractivity contribution is 6.35. The normalized spacial score (nSPS) is 10.8. The summed E-state index contributed by atoms with van der Waals surface area (Å²) in [4.78, 5) is 8.69. The first-order valence-corrected chi connectivity index (χ1v) is 7.57. The van der Waals surface area contributed by atoms with Crippen LogP contribution in [0.5, 0.6) is 11.5 Å². The van der Waals surface area contributed by atoms with Gasteiger partial charge in [-0.15, -0.1) is 0 Å². The molecule has 3 aromatic rings. The van der Waals surface area contributed by atoms with Crippen molar-refractivity contribution in [1.29, 1.82) is 0 Å². The molecule has 3 rings (SSSR count). The molecule has 0 aliphatic heterocycles. The third-order valence-corrected chi connectivity index (χ3v) is 4.25. The Balaban J connectivity index is 2.27. The van der Waals surface area contributed by atoms with Crippen LogP contribution in [0, 0.1) is 13.8 Å². The van der Waals surface area contributed by atoms with E-state index in [2.05, 4.69) is 9.97 Å². The van der Waals surface area contributed by atoms with Crippen molar-refractivity contribution in [2.45, 2.75) is 13.8 Å². The molecule has 0 N–H and O–H groups in total. The number of nitrogens with zero attached hydrogens (tertiary/aromatic N) is 2. The van der Waals surface area contributed by atoms with Crippen LogP contribution >= 0.6 is 11.6 Å². The molecular formula is C18H17ClN2O2. The van der Waals surface area contributed by atoms with Crippen molar-refractivity contribution < 1.29 is 9.47 Å². The molecule has 0 radical (unpaired) electrons. The zero-order chi connectivity index (χ0) is 16.6. The van der Waals surface area contributed by atoms with Crippen LogP contribution in [0.2, 0.25) is 5.02 Å². The number of halogens is 1. The van der Waals surface area contributed by atoms with Gasteiger partial charge >= 0.3 is 0 Å². The third kappa shape index (κ3) is 2.70. The van der Waals surface area contributed by atoms with Crippen LogP contribution in [0.1, 0.15) is 11.4 Å². The minimum absolute atomic E-state index is 0.568. The van der Waals surface area contributed by atoms with E-state index in [-0.39, 0.29) is 0 Å². The minimum atomic E-state index is 0.568. The Morgan fingerprint density at radius 3 is 2.43 bits per heavy atom. The first-order chi connectivity index (χ1) is 11.0. The van der Waals surface area contributed by atoms with E-state index in [1.807, 2.05) is 38.2 Å². The predicted molar refractivity (Wildman–Crippen MR) is 92.6 cm³/mol. The number of fused-ring (bicyclic) bond motifs is 1. The van der Waals surface area contributed by atoms with Crippen LogP contribution in [-0.4, -0.2) is 24.2 Å². The smallest absolute Gasteiger partial charge is 0.141 e. The molecule has 5 heteroatoms.